The Morgan fingerprint density at radius 1 is 1.24 bits per heavy atom. The van der Waals surface area contributed by atoms with Crippen LogP contribution < -0.4 is 16.4 Å². The maximum absolute atomic E-state index is 13.7. The van der Waals surface area contributed by atoms with Crippen molar-refractivity contribution in [1.82, 2.24) is 15.5 Å². The number of carbonyl (C=O) groups is 3. The minimum absolute atomic E-state index is 0.158. The van der Waals surface area contributed by atoms with Gasteiger partial charge in [0.05, 0.1) is 18.7 Å². The average molecular weight is 497 g/mol. The second-order valence-corrected chi connectivity index (χ2v) is 9.99. The van der Waals surface area contributed by atoms with Crippen molar-refractivity contribution in [3.63, 3.8) is 0 Å². The van der Waals surface area contributed by atoms with Crippen molar-refractivity contribution in [3.05, 3.63) is 35.4 Å². The number of aliphatic hydroxyl groups is 1. The highest BCUT2D eigenvalue weighted by molar-refractivity contribution is 7.98. The van der Waals surface area contributed by atoms with Crippen LogP contribution in [0.5, 0.6) is 0 Å². The minimum Gasteiger partial charge on any atom is -0.394 e. The number of carbonyl (C=O) groups excluding carboxylic acids is 3. The molecule has 10 heteroatoms. The molecule has 8 nitrogen and oxygen atoms in total. The van der Waals surface area contributed by atoms with Crippen LogP contribution in [0.15, 0.2) is 24.3 Å². The van der Waals surface area contributed by atoms with Gasteiger partial charge in [0.25, 0.3) is 0 Å². The SMILES string of the molecule is CSCCC(CO)NC(=O)C1Cc2ccccc2CN1C(=O)[C@@H](NC(=O)[C@@H](N)CS)C(C)C. The number of nitrogens with one attached hydrogen (secondary N) is 2. The number of hydrogen-bond acceptors (Lipinski definition) is 7. The lowest BCUT2D eigenvalue weighted by atomic mass is 9.91. The lowest BCUT2D eigenvalue weighted by molar-refractivity contribution is -0.146. The van der Waals surface area contributed by atoms with Crippen molar-refractivity contribution in [3.8, 4) is 0 Å². The van der Waals surface area contributed by atoms with E-state index < -0.39 is 24.0 Å². The van der Waals surface area contributed by atoms with Gasteiger partial charge in [-0.25, -0.2) is 0 Å². The van der Waals surface area contributed by atoms with E-state index in [4.69, 9.17) is 5.73 Å². The van der Waals surface area contributed by atoms with Gasteiger partial charge in [0.1, 0.15) is 12.1 Å². The summed E-state index contributed by atoms with van der Waals surface area (Å²) < 4.78 is 0. The van der Waals surface area contributed by atoms with Crippen molar-refractivity contribution in [2.75, 3.05) is 24.4 Å². The highest BCUT2D eigenvalue weighted by Crippen LogP contribution is 2.25. The number of aliphatic hydroxyl groups excluding tert-OH is 1. The maximum atomic E-state index is 13.7. The van der Waals surface area contributed by atoms with Gasteiger partial charge in [-0.05, 0) is 35.5 Å². The molecule has 2 rings (SSSR count). The van der Waals surface area contributed by atoms with E-state index >= 15 is 0 Å². The van der Waals surface area contributed by atoms with Gasteiger partial charge in [-0.3, -0.25) is 14.4 Å². The summed E-state index contributed by atoms with van der Waals surface area (Å²) >= 11 is 5.70. The molecule has 4 atom stereocenters. The fourth-order valence-electron chi connectivity index (χ4n) is 3.79. The van der Waals surface area contributed by atoms with Crippen LogP contribution in [0.3, 0.4) is 0 Å². The number of amides is 3. The van der Waals surface area contributed by atoms with Crippen LogP contribution in [0.25, 0.3) is 0 Å². The number of thioether (sulfide) groups is 1. The Hall–Kier alpha value is -1.75. The van der Waals surface area contributed by atoms with Gasteiger partial charge in [0, 0.05) is 18.7 Å². The zero-order valence-corrected chi connectivity index (χ0v) is 21.2. The summed E-state index contributed by atoms with van der Waals surface area (Å²) in [6, 6.07) is 4.94. The van der Waals surface area contributed by atoms with E-state index in [0.717, 1.165) is 16.9 Å². The molecule has 0 aliphatic carbocycles. The van der Waals surface area contributed by atoms with Gasteiger partial charge < -0.3 is 26.4 Å². The molecule has 1 heterocycles. The Morgan fingerprint density at radius 3 is 2.48 bits per heavy atom. The first-order valence-electron chi connectivity index (χ1n) is 11.2. The third kappa shape index (κ3) is 7.37. The number of rotatable bonds is 11. The van der Waals surface area contributed by atoms with Gasteiger partial charge in [-0.2, -0.15) is 24.4 Å². The van der Waals surface area contributed by atoms with Crippen molar-refractivity contribution in [2.45, 2.75) is 57.4 Å². The Balaban J connectivity index is 2.31. The first-order valence-corrected chi connectivity index (χ1v) is 13.2. The van der Waals surface area contributed by atoms with E-state index in [1.54, 1.807) is 11.8 Å². The number of benzene rings is 1. The standard InChI is InChI=1S/C23H36N4O4S2/c1-14(2)20(26-21(29)18(24)13-32)23(31)27-11-16-7-5-4-6-15(16)10-19(27)22(30)25-17(12-28)8-9-33-3/h4-7,14,17-20,28,32H,8-13,24H2,1-3H3,(H,25,30)(H,26,29)/t17?,18-,19?,20-/m0/s1. The summed E-state index contributed by atoms with van der Waals surface area (Å²) in [4.78, 5) is 40.9. The lowest BCUT2D eigenvalue weighted by Crippen LogP contribution is -2.61. The first-order chi connectivity index (χ1) is 15.7. The highest BCUT2D eigenvalue weighted by atomic mass is 32.2. The summed E-state index contributed by atoms with van der Waals surface area (Å²) in [6.45, 7) is 3.77. The van der Waals surface area contributed by atoms with E-state index in [1.807, 2.05) is 44.4 Å². The van der Waals surface area contributed by atoms with E-state index in [2.05, 4.69) is 23.3 Å². The quantitative estimate of drug-likeness (QED) is 0.285. The van der Waals surface area contributed by atoms with E-state index in [9.17, 15) is 19.5 Å². The number of thiol groups is 1. The molecule has 33 heavy (non-hydrogen) atoms. The van der Waals surface area contributed by atoms with Crippen LogP contribution in [0.1, 0.15) is 31.4 Å². The van der Waals surface area contributed by atoms with E-state index in [0.29, 0.717) is 12.8 Å². The molecule has 184 valence electrons. The Morgan fingerprint density at radius 2 is 1.91 bits per heavy atom. The summed E-state index contributed by atoms with van der Waals surface area (Å²) in [7, 11) is 0. The largest absolute Gasteiger partial charge is 0.394 e. The van der Waals surface area contributed by atoms with Crippen molar-refractivity contribution < 1.29 is 19.5 Å². The molecule has 5 N–H and O–H groups in total. The first kappa shape index (κ1) is 27.5. The molecule has 3 amide bonds. The Kier molecular flexibility index (Phi) is 11.0. The fraction of sp³-hybridized carbons (Fsp3) is 0.609. The minimum atomic E-state index is -0.828. The van der Waals surface area contributed by atoms with E-state index in [1.165, 1.54) is 4.90 Å². The molecular weight excluding hydrogens is 460 g/mol. The van der Waals surface area contributed by atoms with Gasteiger partial charge >= 0.3 is 0 Å². The molecule has 0 saturated carbocycles. The molecule has 2 unspecified atom stereocenters. The predicted octanol–water partition coefficient (Wildman–Crippen LogP) is 0.568. The van der Waals surface area contributed by atoms with Crippen LogP contribution in [0, 0.1) is 5.92 Å². The summed E-state index contributed by atoms with van der Waals surface area (Å²) in [6.07, 6.45) is 2.96. The van der Waals surface area contributed by atoms with Crippen LogP contribution in [0.4, 0.5) is 0 Å². The van der Waals surface area contributed by atoms with Crippen molar-refractivity contribution >= 4 is 42.1 Å². The van der Waals surface area contributed by atoms with Crippen LogP contribution in [-0.4, -0.2) is 76.3 Å². The average Bonchev–Trinajstić information content (AvgIpc) is 2.82. The predicted molar refractivity (Wildman–Crippen MR) is 135 cm³/mol. The zero-order valence-electron chi connectivity index (χ0n) is 19.5. The molecule has 1 aliphatic heterocycles. The Bertz CT molecular complexity index is 823. The van der Waals surface area contributed by atoms with Crippen molar-refractivity contribution in [2.24, 2.45) is 11.7 Å². The molecule has 0 radical (unpaired) electrons. The molecule has 0 fully saturated rings. The molecule has 1 aromatic rings. The molecule has 1 aromatic carbocycles. The van der Waals surface area contributed by atoms with Gasteiger partial charge in [0.15, 0.2) is 0 Å². The smallest absolute Gasteiger partial charge is 0.246 e. The van der Waals surface area contributed by atoms with Gasteiger partial charge in [-0.15, -0.1) is 0 Å². The lowest BCUT2D eigenvalue weighted by Gasteiger charge is -2.39. The number of hydrogen-bond donors (Lipinski definition) is 5. The van der Waals surface area contributed by atoms with Crippen molar-refractivity contribution in [1.29, 1.82) is 0 Å². The van der Waals surface area contributed by atoms with Gasteiger partial charge in [0.2, 0.25) is 17.7 Å². The number of nitrogens with two attached hydrogens (primary N) is 1. The van der Waals surface area contributed by atoms with Crippen LogP contribution in [0.2, 0.25) is 0 Å². The summed E-state index contributed by atoms with van der Waals surface area (Å²) in [5, 5.41) is 15.4. The molecule has 0 aromatic heterocycles. The molecule has 0 bridgehead atoms. The maximum Gasteiger partial charge on any atom is 0.246 e. The summed E-state index contributed by atoms with van der Waals surface area (Å²) in [5.74, 6) is -0.336. The third-order valence-electron chi connectivity index (χ3n) is 5.84. The van der Waals surface area contributed by atoms with Crippen LogP contribution >= 0.6 is 24.4 Å². The Labute approximate surface area is 205 Å². The number of nitrogens with zero attached hydrogens (tertiary/aromatic N) is 1. The zero-order chi connectivity index (χ0) is 24.5. The molecule has 0 spiro atoms. The summed E-state index contributed by atoms with van der Waals surface area (Å²) in [5.41, 5.74) is 7.77. The third-order valence-corrected chi connectivity index (χ3v) is 6.87. The van der Waals surface area contributed by atoms with Crippen LogP contribution in [-0.2, 0) is 27.3 Å². The molecule has 1 aliphatic rings. The second kappa shape index (κ2) is 13.2. The van der Waals surface area contributed by atoms with Gasteiger partial charge in [-0.1, -0.05) is 38.1 Å². The monoisotopic (exact) mass is 496 g/mol. The fourth-order valence-corrected chi connectivity index (χ4v) is 4.48. The number of fused-ring (bicyclic) bond motifs is 1. The second-order valence-electron chi connectivity index (χ2n) is 8.64. The molecule has 0 saturated heterocycles. The molecular formula is C23H36N4O4S2. The van der Waals surface area contributed by atoms with E-state index in [-0.39, 0.29) is 42.7 Å². The normalized spacial score (nSPS) is 18.3. The highest BCUT2D eigenvalue weighted by Gasteiger charge is 2.39. The topological polar surface area (TPSA) is 125 Å².